The van der Waals surface area contributed by atoms with E-state index >= 15 is 0 Å². The molecule has 2 heteroatoms. The van der Waals surface area contributed by atoms with E-state index in [4.69, 9.17) is 0 Å². The van der Waals surface area contributed by atoms with Gasteiger partial charge in [0.15, 0.2) is 0 Å². The van der Waals surface area contributed by atoms with Gasteiger partial charge in [0.05, 0.1) is 0 Å². The maximum Gasteiger partial charge on any atom is 0.108 e. The highest BCUT2D eigenvalue weighted by molar-refractivity contribution is 7.96. The zero-order valence-corrected chi connectivity index (χ0v) is 18.8. The summed E-state index contributed by atoms with van der Waals surface area (Å²) in [6.07, 6.45) is 23.6. The third kappa shape index (κ3) is 20.7. The van der Waals surface area contributed by atoms with Crippen LogP contribution in [-0.2, 0) is 10.9 Å². The molecular formula is C22H47ClS. The van der Waals surface area contributed by atoms with E-state index in [1.165, 1.54) is 120 Å². The molecule has 0 bridgehead atoms. The van der Waals surface area contributed by atoms with Crippen molar-refractivity contribution in [1.82, 2.24) is 0 Å². The van der Waals surface area contributed by atoms with Crippen LogP contribution in [-0.4, -0.2) is 17.3 Å². The molecule has 0 saturated heterocycles. The van der Waals surface area contributed by atoms with Crippen molar-refractivity contribution < 1.29 is 12.4 Å². The fraction of sp³-hybridized carbons (Fsp3) is 1.00. The van der Waals surface area contributed by atoms with Gasteiger partial charge in [0, 0.05) is 0 Å². The monoisotopic (exact) mass is 378 g/mol. The molecule has 0 rings (SSSR count). The van der Waals surface area contributed by atoms with E-state index in [0.717, 1.165) is 10.9 Å². The van der Waals surface area contributed by atoms with Crippen molar-refractivity contribution in [2.24, 2.45) is 0 Å². The van der Waals surface area contributed by atoms with Gasteiger partial charge in [-0.3, -0.25) is 0 Å². The number of hydrogen-bond acceptors (Lipinski definition) is 0. The number of rotatable bonds is 19. The first-order chi connectivity index (χ1) is 11.3. The Hall–Kier alpha value is 0.640. The first-order valence-corrected chi connectivity index (χ1v) is 12.7. The predicted molar refractivity (Wildman–Crippen MR) is 113 cm³/mol. The molecule has 0 atom stereocenters. The Morgan fingerprint density at radius 3 is 1.00 bits per heavy atom. The molecule has 0 fully saturated rings. The largest absolute Gasteiger partial charge is 1.00 e. The minimum atomic E-state index is 0. The molecule has 0 aliphatic rings. The van der Waals surface area contributed by atoms with Crippen molar-refractivity contribution in [2.45, 2.75) is 124 Å². The second-order valence-corrected chi connectivity index (χ2v) is 9.98. The Morgan fingerprint density at radius 2 is 0.708 bits per heavy atom. The third-order valence-electron chi connectivity index (χ3n) is 5.10. The average molecular weight is 379 g/mol. The molecular weight excluding hydrogens is 332 g/mol. The summed E-state index contributed by atoms with van der Waals surface area (Å²) in [4.78, 5) is 0. The van der Waals surface area contributed by atoms with E-state index in [0.29, 0.717) is 0 Å². The van der Waals surface area contributed by atoms with E-state index in [1.807, 2.05) is 0 Å². The van der Waals surface area contributed by atoms with E-state index in [2.05, 4.69) is 20.8 Å². The quantitative estimate of drug-likeness (QED) is 0.221. The normalized spacial score (nSPS) is 11.0. The summed E-state index contributed by atoms with van der Waals surface area (Å²) in [7, 11) is 0.744. The highest BCUT2D eigenvalue weighted by Crippen LogP contribution is 2.14. The molecule has 0 N–H and O–H groups in total. The van der Waals surface area contributed by atoms with Crippen LogP contribution in [0.25, 0.3) is 0 Å². The summed E-state index contributed by atoms with van der Waals surface area (Å²) in [5.41, 5.74) is 0. The second kappa shape index (κ2) is 23.6. The van der Waals surface area contributed by atoms with E-state index in [1.54, 1.807) is 0 Å². The van der Waals surface area contributed by atoms with Crippen molar-refractivity contribution in [1.29, 1.82) is 0 Å². The molecule has 0 aliphatic carbocycles. The summed E-state index contributed by atoms with van der Waals surface area (Å²) in [6.45, 7) is 7.02. The van der Waals surface area contributed by atoms with Crippen LogP contribution in [0.5, 0.6) is 0 Å². The minimum Gasteiger partial charge on any atom is -1.00 e. The predicted octanol–water partition coefficient (Wildman–Crippen LogP) is 4.91. The Morgan fingerprint density at radius 1 is 0.417 bits per heavy atom. The number of hydrogen-bond donors (Lipinski definition) is 0. The standard InChI is InChI=1S/C22H47S.ClH/c1-4-7-8-9-10-11-12-13-14-15-16-17-18-19-20-21-22-23(5-2)6-3;/h4-22H2,1-3H3;1H/q+1;/p-1. The molecule has 0 aromatic heterocycles. The van der Waals surface area contributed by atoms with Gasteiger partial charge in [0.1, 0.15) is 17.3 Å². The van der Waals surface area contributed by atoms with Gasteiger partial charge in [-0.05, 0) is 37.6 Å². The van der Waals surface area contributed by atoms with E-state index in [9.17, 15) is 0 Å². The molecule has 0 amide bonds. The summed E-state index contributed by atoms with van der Waals surface area (Å²) >= 11 is 0. The van der Waals surface area contributed by atoms with Crippen molar-refractivity contribution >= 4 is 10.9 Å². The van der Waals surface area contributed by atoms with Gasteiger partial charge >= 0.3 is 0 Å². The zero-order chi connectivity index (χ0) is 17.0. The Bertz CT molecular complexity index is 204. The third-order valence-corrected chi connectivity index (χ3v) is 7.60. The van der Waals surface area contributed by atoms with Crippen LogP contribution in [0.3, 0.4) is 0 Å². The van der Waals surface area contributed by atoms with Crippen molar-refractivity contribution in [3.8, 4) is 0 Å². The van der Waals surface area contributed by atoms with Gasteiger partial charge in [-0.25, -0.2) is 0 Å². The van der Waals surface area contributed by atoms with Crippen LogP contribution in [0.15, 0.2) is 0 Å². The molecule has 0 heterocycles. The average Bonchev–Trinajstić information content (AvgIpc) is 2.58. The topological polar surface area (TPSA) is 0 Å². The molecule has 24 heavy (non-hydrogen) atoms. The molecule has 0 unspecified atom stereocenters. The molecule has 0 spiro atoms. The van der Waals surface area contributed by atoms with Gasteiger partial charge < -0.3 is 12.4 Å². The lowest BCUT2D eigenvalue weighted by molar-refractivity contribution is -0.00000521. The molecule has 148 valence electrons. The smallest absolute Gasteiger partial charge is 0.108 e. The maximum atomic E-state index is 2.36. The van der Waals surface area contributed by atoms with E-state index < -0.39 is 0 Å². The number of unbranched alkanes of at least 4 members (excludes halogenated alkanes) is 15. The van der Waals surface area contributed by atoms with Gasteiger partial charge in [0.25, 0.3) is 0 Å². The van der Waals surface area contributed by atoms with Gasteiger partial charge in [-0.15, -0.1) is 0 Å². The molecule has 0 radical (unpaired) electrons. The van der Waals surface area contributed by atoms with E-state index in [-0.39, 0.29) is 12.4 Å². The molecule has 0 aromatic carbocycles. The van der Waals surface area contributed by atoms with Crippen LogP contribution in [0.1, 0.15) is 124 Å². The van der Waals surface area contributed by atoms with Gasteiger partial charge in [-0.1, -0.05) is 96.8 Å². The van der Waals surface area contributed by atoms with Crippen molar-refractivity contribution in [3.63, 3.8) is 0 Å². The zero-order valence-electron chi connectivity index (χ0n) is 17.2. The first kappa shape index (κ1) is 26.9. The Labute approximate surface area is 164 Å². The van der Waals surface area contributed by atoms with Crippen LogP contribution < -0.4 is 12.4 Å². The molecule has 0 aliphatic heterocycles. The SMILES string of the molecule is CCCCCCCCCCCCCCCCCC[S+](CC)CC.[Cl-]. The Kier molecular flexibility index (Phi) is 26.5. The van der Waals surface area contributed by atoms with Crippen LogP contribution in [0.4, 0.5) is 0 Å². The first-order valence-electron chi connectivity index (χ1n) is 11.0. The Balaban J connectivity index is 0. The lowest BCUT2D eigenvalue weighted by atomic mass is 10.0. The lowest BCUT2D eigenvalue weighted by Crippen LogP contribution is -3.00. The fourth-order valence-electron chi connectivity index (χ4n) is 3.35. The molecule has 0 nitrogen and oxygen atoms in total. The summed E-state index contributed by atoms with van der Waals surface area (Å²) < 4.78 is 0. The minimum absolute atomic E-state index is 0. The summed E-state index contributed by atoms with van der Waals surface area (Å²) in [5, 5.41) is 0. The van der Waals surface area contributed by atoms with Crippen molar-refractivity contribution in [2.75, 3.05) is 17.3 Å². The van der Waals surface area contributed by atoms with Gasteiger partial charge in [0.2, 0.25) is 0 Å². The second-order valence-electron chi connectivity index (χ2n) is 7.20. The summed E-state index contributed by atoms with van der Waals surface area (Å²) in [6, 6.07) is 0. The van der Waals surface area contributed by atoms with Crippen molar-refractivity contribution in [3.05, 3.63) is 0 Å². The highest BCUT2D eigenvalue weighted by Gasteiger charge is 2.10. The maximum absolute atomic E-state index is 2.36. The lowest BCUT2D eigenvalue weighted by Gasteiger charge is -2.05. The van der Waals surface area contributed by atoms with Gasteiger partial charge in [-0.2, -0.15) is 0 Å². The summed E-state index contributed by atoms with van der Waals surface area (Å²) in [5.74, 6) is 4.33. The van der Waals surface area contributed by atoms with Crippen LogP contribution >= 0.6 is 0 Å². The molecule has 0 saturated carbocycles. The molecule has 0 aromatic rings. The number of halogens is 1. The van der Waals surface area contributed by atoms with Crippen LogP contribution in [0.2, 0.25) is 0 Å². The fourth-order valence-corrected chi connectivity index (χ4v) is 4.95. The van der Waals surface area contributed by atoms with Crippen LogP contribution in [0, 0.1) is 0 Å². The highest BCUT2D eigenvalue weighted by atomic mass is 35.5.